The fraction of sp³-hybridized carbons (Fsp3) is 0.303. The highest BCUT2D eigenvalue weighted by molar-refractivity contribution is 7.13. The van der Waals surface area contributed by atoms with Gasteiger partial charge in [-0.05, 0) is 62.7 Å². The number of anilines is 1. The van der Waals surface area contributed by atoms with Crippen LogP contribution in [0.2, 0.25) is 0 Å². The third-order valence-corrected chi connectivity index (χ3v) is 8.68. The standard InChI is InChI=1S/C33H37N5O2S/c1-5-38(6-2)17-16-34-31(39)15-13-25-21(3)29(35-22(25)4)19-27-26-18-24(12-14-28(26)36-32(27)40)30-20-41-33(37-30)23-10-8-7-9-11-23/h7-12,14,18-20,35H,5-6,13,15-17H2,1-4H3,(H,34,39)(H,36,40)/b27-19-. The van der Waals surface area contributed by atoms with Gasteiger partial charge in [-0.2, -0.15) is 0 Å². The van der Waals surface area contributed by atoms with Crippen LogP contribution in [0.15, 0.2) is 53.9 Å². The number of thiazole rings is 1. The zero-order chi connectivity index (χ0) is 28.9. The quantitative estimate of drug-likeness (QED) is 0.185. The summed E-state index contributed by atoms with van der Waals surface area (Å²) in [5, 5.41) is 9.07. The molecule has 0 fully saturated rings. The molecule has 0 saturated heterocycles. The van der Waals surface area contributed by atoms with Gasteiger partial charge in [-0.3, -0.25) is 9.59 Å². The molecule has 8 heteroatoms. The zero-order valence-electron chi connectivity index (χ0n) is 24.1. The number of aromatic nitrogens is 2. The molecule has 5 rings (SSSR count). The Labute approximate surface area is 245 Å². The number of hydrogen-bond donors (Lipinski definition) is 3. The number of amides is 2. The maximum atomic E-state index is 13.0. The van der Waals surface area contributed by atoms with Crippen molar-refractivity contribution in [1.82, 2.24) is 20.2 Å². The molecule has 0 saturated carbocycles. The molecular weight excluding hydrogens is 530 g/mol. The lowest BCUT2D eigenvalue weighted by Crippen LogP contribution is -2.34. The number of fused-ring (bicyclic) bond motifs is 1. The van der Waals surface area contributed by atoms with Crippen molar-refractivity contribution in [3.05, 3.63) is 82.0 Å². The van der Waals surface area contributed by atoms with Gasteiger partial charge in [0.15, 0.2) is 0 Å². The number of likely N-dealkylation sites (N-methyl/N-ethyl adjacent to an activating group) is 1. The van der Waals surface area contributed by atoms with E-state index in [4.69, 9.17) is 4.98 Å². The van der Waals surface area contributed by atoms with E-state index < -0.39 is 0 Å². The molecule has 2 aromatic heterocycles. The van der Waals surface area contributed by atoms with E-state index in [1.807, 2.05) is 56.3 Å². The lowest BCUT2D eigenvalue weighted by Gasteiger charge is -2.17. The Bertz CT molecular complexity index is 1580. The van der Waals surface area contributed by atoms with Gasteiger partial charge in [-0.1, -0.05) is 50.2 Å². The SMILES string of the molecule is CCN(CC)CCNC(=O)CCc1c(C)[nH]c(/C=C2\C(=O)Nc3ccc(-c4csc(-c5ccccc5)n4)cc32)c1C. The Morgan fingerprint density at radius 2 is 1.85 bits per heavy atom. The lowest BCUT2D eigenvalue weighted by molar-refractivity contribution is -0.121. The number of hydrogen-bond acceptors (Lipinski definition) is 5. The highest BCUT2D eigenvalue weighted by atomic mass is 32.1. The Morgan fingerprint density at radius 3 is 2.61 bits per heavy atom. The first-order chi connectivity index (χ1) is 19.9. The number of aryl methyl sites for hydroxylation is 1. The van der Waals surface area contributed by atoms with Crippen molar-refractivity contribution >= 4 is 40.5 Å². The number of H-pyrrole nitrogens is 1. The summed E-state index contributed by atoms with van der Waals surface area (Å²) in [7, 11) is 0. The van der Waals surface area contributed by atoms with Crippen molar-refractivity contribution in [2.45, 2.75) is 40.5 Å². The number of rotatable bonds is 11. The first kappa shape index (κ1) is 28.5. The number of aromatic amines is 1. The average molecular weight is 568 g/mol. The van der Waals surface area contributed by atoms with Crippen LogP contribution in [0.1, 0.15) is 48.3 Å². The van der Waals surface area contributed by atoms with Crippen LogP contribution in [0.3, 0.4) is 0 Å². The molecule has 0 radical (unpaired) electrons. The molecule has 2 amide bonds. The number of nitrogens with one attached hydrogen (secondary N) is 3. The minimum Gasteiger partial charge on any atom is -0.359 e. The van der Waals surface area contributed by atoms with Crippen LogP contribution in [0.5, 0.6) is 0 Å². The fourth-order valence-corrected chi connectivity index (χ4v) is 6.14. The van der Waals surface area contributed by atoms with Gasteiger partial charge in [0.1, 0.15) is 5.01 Å². The van der Waals surface area contributed by atoms with E-state index >= 15 is 0 Å². The summed E-state index contributed by atoms with van der Waals surface area (Å²) < 4.78 is 0. The Morgan fingerprint density at radius 1 is 1.07 bits per heavy atom. The van der Waals surface area contributed by atoms with Crippen molar-refractivity contribution in [3.8, 4) is 21.8 Å². The van der Waals surface area contributed by atoms with Gasteiger partial charge in [-0.15, -0.1) is 11.3 Å². The second-order valence-corrected chi connectivity index (χ2v) is 11.2. The van der Waals surface area contributed by atoms with Crippen LogP contribution in [0, 0.1) is 13.8 Å². The van der Waals surface area contributed by atoms with E-state index in [9.17, 15) is 9.59 Å². The average Bonchev–Trinajstić information content (AvgIpc) is 3.67. The maximum absolute atomic E-state index is 13.0. The molecule has 0 spiro atoms. The van der Waals surface area contributed by atoms with Gasteiger partial charge in [0.2, 0.25) is 5.91 Å². The van der Waals surface area contributed by atoms with Crippen LogP contribution in [0.25, 0.3) is 33.5 Å². The number of carbonyl (C=O) groups excluding carboxylic acids is 2. The first-order valence-electron chi connectivity index (χ1n) is 14.2. The molecule has 0 aliphatic carbocycles. The molecule has 0 bridgehead atoms. The Kier molecular flexibility index (Phi) is 8.81. The summed E-state index contributed by atoms with van der Waals surface area (Å²) in [4.78, 5) is 36.1. The summed E-state index contributed by atoms with van der Waals surface area (Å²) in [6.07, 6.45) is 3.01. The molecule has 0 atom stereocenters. The van der Waals surface area contributed by atoms with Gasteiger partial charge in [0.05, 0.1) is 11.3 Å². The number of benzene rings is 2. The van der Waals surface area contributed by atoms with Crippen molar-refractivity contribution in [1.29, 1.82) is 0 Å². The van der Waals surface area contributed by atoms with Crippen LogP contribution in [0.4, 0.5) is 5.69 Å². The Hall–Kier alpha value is -4.01. The highest BCUT2D eigenvalue weighted by Gasteiger charge is 2.26. The zero-order valence-corrected chi connectivity index (χ0v) is 25.0. The summed E-state index contributed by atoms with van der Waals surface area (Å²) in [5.41, 5.74) is 9.33. The number of nitrogens with zero attached hydrogens (tertiary/aromatic N) is 2. The minimum atomic E-state index is -0.124. The van der Waals surface area contributed by atoms with Crippen molar-refractivity contribution in [3.63, 3.8) is 0 Å². The third-order valence-electron chi connectivity index (χ3n) is 7.79. The number of carbonyl (C=O) groups is 2. The minimum absolute atomic E-state index is 0.0612. The van der Waals surface area contributed by atoms with Gasteiger partial charge >= 0.3 is 0 Å². The summed E-state index contributed by atoms with van der Waals surface area (Å²) >= 11 is 1.61. The smallest absolute Gasteiger partial charge is 0.256 e. The molecule has 3 heterocycles. The molecule has 41 heavy (non-hydrogen) atoms. The Balaban J connectivity index is 1.32. The molecule has 212 valence electrons. The van der Waals surface area contributed by atoms with Gasteiger partial charge in [0, 0.05) is 58.7 Å². The van der Waals surface area contributed by atoms with E-state index in [1.165, 1.54) is 0 Å². The van der Waals surface area contributed by atoms with Crippen LogP contribution >= 0.6 is 11.3 Å². The lowest BCUT2D eigenvalue weighted by atomic mass is 10.00. The van der Waals surface area contributed by atoms with Crippen LogP contribution in [-0.2, 0) is 16.0 Å². The molecule has 7 nitrogen and oxygen atoms in total. The molecule has 4 aromatic rings. The summed E-state index contributed by atoms with van der Waals surface area (Å²) in [6, 6.07) is 16.1. The second-order valence-electron chi connectivity index (χ2n) is 10.3. The maximum Gasteiger partial charge on any atom is 0.256 e. The predicted molar refractivity (Wildman–Crippen MR) is 169 cm³/mol. The van der Waals surface area contributed by atoms with E-state index in [0.29, 0.717) is 25.0 Å². The van der Waals surface area contributed by atoms with Crippen molar-refractivity contribution in [2.24, 2.45) is 0 Å². The second kappa shape index (κ2) is 12.7. The van der Waals surface area contributed by atoms with Crippen molar-refractivity contribution in [2.75, 3.05) is 31.5 Å². The van der Waals surface area contributed by atoms with E-state index in [2.05, 4.69) is 51.9 Å². The monoisotopic (exact) mass is 567 g/mol. The first-order valence-corrected chi connectivity index (χ1v) is 15.1. The largest absolute Gasteiger partial charge is 0.359 e. The third kappa shape index (κ3) is 6.34. The predicted octanol–water partition coefficient (Wildman–Crippen LogP) is 6.31. The van der Waals surface area contributed by atoms with E-state index in [1.54, 1.807) is 11.3 Å². The normalized spacial score (nSPS) is 13.6. The molecule has 1 aliphatic rings. The molecule has 0 unspecified atom stereocenters. The van der Waals surface area contributed by atoms with E-state index in [0.717, 1.165) is 75.2 Å². The van der Waals surface area contributed by atoms with Crippen LogP contribution < -0.4 is 10.6 Å². The summed E-state index contributed by atoms with van der Waals surface area (Å²) in [6.45, 7) is 11.8. The summed E-state index contributed by atoms with van der Waals surface area (Å²) in [5.74, 6) is -0.0627. The van der Waals surface area contributed by atoms with Gasteiger partial charge < -0.3 is 20.5 Å². The molecule has 3 N–H and O–H groups in total. The van der Waals surface area contributed by atoms with Crippen LogP contribution in [-0.4, -0.2) is 52.9 Å². The van der Waals surface area contributed by atoms with Crippen molar-refractivity contribution < 1.29 is 9.59 Å². The topological polar surface area (TPSA) is 90.1 Å². The molecule has 1 aliphatic heterocycles. The highest BCUT2D eigenvalue weighted by Crippen LogP contribution is 2.38. The van der Waals surface area contributed by atoms with Gasteiger partial charge in [-0.25, -0.2) is 4.98 Å². The van der Waals surface area contributed by atoms with Gasteiger partial charge in [0.25, 0.3) is 5.91 Å². The fourth-order valence-electron chi connectivity index (χ4n) is 5.31. The molecular formula is C33H37N5O2S. The molecule has 2 aromatic carbocycles. The van der Waals surface area contributed by atoms with E-state index in [-0.39, 0.29) is 11.8 Å².